The van der Waals surface area contributed by atoms with E-state index < -0.39 is 0 Å². The van der Waals surface area contributed by atoms with E-state index >= 15 is 0 Å². The number of furan rings is 1. The Balaban J connectivity index is 1.15. The molecule has 1 aliphatic carbocycles. The molecule has 2 aliphatic rings. The number of rotatable bonds is 4. The first kappa shape index (κ1) is 32.5. The van der Waals surface area contributed by atoms with E-state index in [2.05, 4.69) is 158 Å². The van der Waals surface area contributed by atoms with Crippen molar-refractivity contribution in [3.63, 3.8) is 0 Å². The molecule has 1 unspecified atom stereocenters. The molecule has 0 N–H and O–H groups in total. The number of amidine groups is 1. The van der Waals surface area contributed by atoms with Gasteiger partial charge in [0.1, 0.15) is 17.0 Å². The molecule has 3 heterocycles. The highest BCUT2D eigenvalue weighted by atomic mass is 16.3. The number of aliphatic imine (C=N–C) groups is 2. The van der Waals surface area contributed by atoms with Crippen molar-refractivity contribution in [2.24, 2.45) is 15.9 Å². The van der Waals surface area contributed by atoms with Gasteiger partial charge < -0.3 is 4.42 Å². The van der Waals surface area contributed by atoms with Crippen molar-refractivity contribution in [1.82, 2.24) is 4.98 Å². The van der Waals surface area contributed by atoms with Crippen molar-refractivity contribution in [1.29, 1.82) is 0 Å². The normalized spacial score (nSPS) is 19.1. The van der Waals surface area contributed by atoms with Crippen LogP contribution in [-0.4, -0.2) is 16.5 Å². The molecule has 0 saturated heterocycles. The molecular weight excluding hydrogens is 683 g/mol. The highest BCUT2D eigenvalue weighted by Gasteiger charge is 2.27. The summed E-state index contributed by atoms with van der Waals surface area (Å²) in [6, 6.07) is 49.6. The highest BCUT2D eigenvalue weighted by molar-refractivity contribution is 6.26. The van der Waals surface area contributed by atoms with E-state index in [9.17, 15) is 0 Å². The molecule has 9 aromatic rings. The summed E-state index contributed by atoms with van der Waals surface area (Å²) in [6.45, 7) is 2.25. The third kappa shape index (κ3) is 5.32. The molecule has 11 rings (SSSR count). The van der Waals surface area contributed by atoms with Gasteiger partial charge in [-0.1, -0.05) is 133 Å². The van der Waals surface area contributed by atoms with E-state index in [4.69, 9.17) is 14.4 Å². The number of hydrogen-bond donors (Lipinski definition) is 0. The molecule has 0 radical (unpaired) electrons. The number of nitrogens with zero attached hydrogens (tertiary/aromatic N) is 3. The lowest BCUT2D eigenvalue weighted by atomic mass is 9.84. The van der Waals surface area contributed by atoms with Crippen LogP contribution in [0.15, 0.2) is 178 Å². The fourth-order valence-corrected chi connectivity index (χ4v) is 8.99. The molecule has 0 fully saturated rings. The van der Waals surface area contributed by atoms with E-state index in [-0.39, 0.29) is 5.92 Å². The Labute approximate surface area is 324 Å². The van der Waals surface area contributed by atoms with Crippen LogP contribution in [0.4, 0.5) is 0 Å². The van der Waals surface area contributed by atoms with E-state index in [0.717, 1.165) is 80.3 Å². The van der Waals surface area contributed by atoms with Crippen LogP contribution in [0.3, 0.4) is 0 Å². The molecule has 266 valence electrons. The lowest BCUT2D eigenvalue weighted by Crippen LogP contribution is -2.20. The highest BCUT2D eigenvalue weighted by Crippen LogP contribution is 2.41. The Bertz CT molecular complexity index is 3180. The first-order valence-corrected chi connectivity index (χ1v) is 19.5. The number of hydrogen-bond acceptors (Lipinski definition) is 4. The molecule has 0 amide bonds. The maximum Gasteiger partial charge on any atom is 0.143 e. The Morgan fingerprint density at radius 3 is 2.29 bits per heavy atom. The summed E-state index contributed by atoms with van der Waals surface area (Å²) in [6.07, 6.45) is 10.9. The van der Waals surface area contributed by atoms with E-state index in [0.29, 0.717) is 0 Å². The van der Waals surface area contributed by atoms with Crippen molar-refractivity contribution in [3.05, 3.63) is 186 Å². The quantitative estimate of drug-likeness (QED) is 0.170. The number of aromatic nitrogens is 1. The Morgan fingerprint density at radius 2 is 1.38 bits per heavy atom. The average Bonchev–Trinajstić information content (AvgIpc) is 3.65. The van der Waals surface area contributed by atoms with Gasteiger partial charge in [-0.05, 0) is 93.8 Å². The predicted molar refractivity (Wildman–Crippen MR) is 234 cm³/mol. The second-order valence-electron chi connectivity index (χ2n) is 15.1. The second kappa shape index (κ2) is 13.1. The zero-order chi connectivity index (χ0) is 37.2. The zero-order valence-electron chi connectivity index (χ0n) is 31.0. The van der Waals surface area contributed by atoms with Gasteiger partial charge in [-0.2, -0.15) is 0 Å². The van der Waals surface area contributed by atoms with Crippen molar-refractivity contribution in [3.8, 4) is 11.1 Å². The topological polar surface area (TPSA) is 50.8 Å². The monoisotopic (exact) mass is 719 g/mol. The molecule has 1 aliphatic heterocycles. The van der Waals surface area contributed by atoms with Crippen LogP contribution in [0, 0.1) is 5.92 Å². The van der Waals surface area contributed by atoms with Gasteiger partial charge >= 0.3 is 0 Å². The molecule has 0 saturated carbocycles. The maximum absolute atomic E-state index is 6.65. The number of fused-ring (bicyclic) bond motifs is 10. The van der Waals surface area contributed by atoms with Crippen molar-refractivity contribution in [2.45, 2.75) is 26.2 Å². The summed E-state index contributed by atoms with van der Waals surface area (Å²) in [4.78, 5) is 16.0. The summed E-state index contributed by atoms with van der Waals surface area (Å²) in [5.41, 5.74) is 12.2. The number of allylic oxidation sites excluding steroid dienone is 1. The largest absolute Gasteiger partial charge is 0.455 e. The summed E-state index contributed by atoms with van der Waals surface area (Å²) in [5.74, 6) is 0.764. The summed E-state index contributed by atoms with van der Waals surface area (Å²) in [5, 5.41) is 9.33. The molecule has 4 nitrogen and oxygen atoms in total. The fourth-order valence-electron chi connectivity index (χ4n) is 8.99. The molecule has 56 heavy (non-hydrogen) atoms. The Hall–Kier alpha value is -6.91. The summed E-state index contributed by atoms with van der Waals surface area (Å²) in [7, 11) is 0. The van der Waals surface area contributed by atoms with Crippen LogP contribution >= 0.6 is 0 Å². The zero-order valence-corrected chi connectivity index (χ0v) is 31.0. The van der Waals surface area contributed by atoms with E-state index in [1.54, 1.807) is 0 Å². The minimum atomic E-state index is -0.0585. The molecule has 7 aromatic carbocycles. The van der Waals surface area contributed by atoms with Crippen LogP contribution in [-0.2, 0) is 6.42 Å². The first-order valence-electron chi connectivity index (χ1n) is 19.5. The van der Waals surface area contributed by atoms with Crippen molar-refractivity contribution in [2.75, 3.05) is 0 Å². The van der Waals surface area contributed by atoms with Crippen LogP contribution in [0.2, 0.25) is 0 Å². The lowest BCUT2D eigenvalue weighted by Gasteiger charge is -2.25. The van der Waals surface area contributed by atoms with Crippen molar-refractivity contribution < 1.29 is 4.42 Å². The Morgan fingerprint density at radius 1 is 0.607 bits per heavy atom. The second-order valence-corrected chi connectivity index (χ2v) is 15.1. The Kier molecular flexibility index (Phi) is 7.63. The van der Waals surface area contributed by atoms with E-state index in [1.807, 2.05) is 18.5 Å². The van der Waals surface area contributed by atoms with Crippen LogP contribution in [0.1, 0.15) is 42.0 Å². The predicted octanol–water partition coefficient (Wildman–Crippen LogP) is 13.4. The SMILES string of the molecule is C\C1=C(c2ccccc2-c2ccccc2)/N=C(C2C=Cc3ccc4ccc5ccncc5c4c3C2)\N=C(\c2cc3ccccc3c3oc4ccccc4c23)CC1. The fraction of sp³-hybridized carbons (Fsp3) is 0.0962. The van der Waals surface area contributed by atoms with Gasteiger partial charge in [-0.15, -0.1) is 0 Å². The smallest absolute Gasteiger partial charge is 0.143 e. The van der Waals surface area contributed by atoms with Crippen LogP contribution in [0.25, 0.3) is 77.2 Å². The van der Waals surface area contributed by atoms with Gasteiger partial charge in [0.25, 0.3) is 0 Å². The molecule has 2 aromatic heterocycles. The van der Waals surface area contributed by atoms with Crippen LogP contribution in [0.5, 0.6) is 0 Å². The maximum atomic E-state index is 6.65. The minimum Gasteiger partial charge on any atom is -0.455 e. The third-order valence-corrected chi connectivity index (χ3v) is 11.8. The lowest BCUT2D eigenvalue weighted by molar-refractivity contribution is 0.672. The van der Waals surface area contributed by atoms with Gasteiger partial charge in [0.2, 0.25) is 0 Å². The summed E-state index contributed by atoms with van der Waals surface area (Å²) < 4.78 is 6.65. The molecule has 1 atom stereocenters. The molecule has 0 spiro atoms. The van der Waals surface area contributed by atoms with Gasteiger partial charge in [0.05, 0.1) is 11.4 Å². The minimum absolute atomic E-state index is 0.0585. The molecule has 0 bridgehead atoms. The first-order chi connectivity index (χ1) is 27.7. The summed E-state index contributed by atoms with van der Waals surface area (Å²) >= 11 is 0. The average molecular weight is 720 g/mol. The van der Waals surface area contributed by atoms with Gasteiger partial charge in [-0.3, -0.25) is 4.98 Å². The molecular formula is C52H37N3O. The van der Waals surface area contributed by atoms with Crippen molar-refractivity contribution >= 4 is 77.6 Å². The van der Waals surface area contributed by atoms with Crippen LogP contribution < -0.4 is 0 Å². The number of para-hydroxylation sites is 1. The standard InChI is InChI=1S/C52H37N3O/c1-32-19-26-46(44-29-37-13-5-6-15-40(37)51-49(44)42-17-9-10-18-47(42)56-51)54-52(55-50(32)41-16-8-7-14-39(41)33-11-3-2-4-12-33)38-25-22-34-20-23-36-24-21-35-27-28-53-31-45(35)48(36)43(34)30-38/h2-18,20-25,27-29,31,38H,19,26,30H2,1H3/b50-32+,54-46+,55-52-. The van der Waals surface area contributed by atoms with Gasteiger partial charge in [-0.25, -0.2) is 9.98 Å². The molecule has 4 heteroatoms. The van der Waals surface area contributed by atoms with Gasteiger partial charge in [0.15, 0.2) is 0 Å². The third-order valence-electron chi connectivity index (χ3n) is 11.8. The number of pyridine rings is 1. The van der Waals surface area contributed by atoms with E-state index in [1.165, 1.54) is 49.4 Å². The number of benzene rings is 7. The van der Waals surface area contributed by atoms with Gasteiger partial charge in [0, 0.05) is 51.0 Å².